The largest absolute Gasteiger partial charge is 0.380 e. The van der Waals surface area contributed by atoms with E-state index >= 15 is 0 Å². The van der Waals surface area contributed by atoms with Crippen LogP contribution in [0.4, 0.5) is 0 Å². The van der Waals surface area contributed by atoms with Crippen molar-refractivity contribution in [2.24, 2.45) is 0 Å². The summed E-state index contributed by atoms with van der Waals surface area (Å²) in [5.74, 6) is 0.179. The lowest BCUT2D eigenvalue weighted by Crippen LogP contribution is -2.41. The second-order valence-corrected chi connectivity index (χ2v) is 5.64. The van der Waals surface area contributed by atoms with Crippen molar-refractivity contribution in [3.8, 4) is 0 Å². The van der Waals surface area contributed by atoms with Gasteiger partial charge in [-0.25, -0.2) is 0 Å². The topological polar surface area (TPSA) is 41.6 Å². The molecule has 1 aromatic carbocycles. The first-order chi connectivity index (χ1) is 10.1. The van der Waals surface area contributed by atoms with E-state index < -0.39 is 0 Å². The Morgan fingerprint density at radius 1 is 1.33 bits per heavy atom. The van der Waals surface area contributed by atoms with Crippen molar-refractivity contribution in [2.45, 2.75) is 52.4 Å². The number of hydrogen-bond acceptors (Lipinski definition) is 3. The van der Waals surface area contributed by atoms with E-state index in [0.29, 0.717) is 13.2 Å². The van der Waals surface area contributed by atoms with Crippen molar-refractivity contribution in [2.75, 3.05) is 13.2 Å². The van der Waals surface area contributed by atoms with E-state index in [9.17, 15) is 4.79 Å². The minimum absolute atomic E-state index is 0.0564. The van der Waals surface area contributed by atoms with E-state index in [2.05, 4.69) is 31.3 Å². The molecule has 21 heavy (non-hydrogen) atoms. The van der Waals surface area contributed by atoms with Crippen LogP contribution in [0, 0.1) is 6.92 Å². The summed E-state index contributed by atoms with van der Waals surface area (Å²) in [5, 5.41) is 3.48. The summed E-state index contributed by atoms with van der Waals surface area (Å²) in [4.78, 5) is 14.6. The van der Waals surface area contributed by atoms with Crippen molar-refractivity contribution in [3.63, 3.8) is 0 Å². The first kappa shape index (κ1) is 16.0. The third-order valence-corrected chi connectivity index (χ3v) is 4.12. The normalized spacial score (nSPS) is 23.6. The Labute approximate surface area is 127 Å². The lowest BCUT2D eigenvalue weighted by atomic mass is 10.1. The van der Waals surface area contributed by atoms with Crippen molar-refractivity contribution in [1.29, 1.82) is 0 Å². The molecule has 0 saturated carbocycles. The van der Waals surface area contributed by atoms with Crippen LogP contribution < -0.4 is 5.32 Å². The first-order valence-corrected chi connectivity index (χ1v) is 7.81. The van der Waals surface area contributed by atoms with Crippen LogP contribution in [0.1, 0.15) is 44.5 Å². The number of amides is 1. The molecule has 2 rings (SSSR count). The summed E-state index contributed by atoms with van der Waals surface area (Å²) < 4.78 is 5.52. The molecule has 1 saturated heterocycles. The summed E-state index contributed by atoms with van der Waals surface area (Å²) in [7, 11) is 0. The Morgan fingerprint density at radius 2 is 2.05 bits per heavy atom. The maximum Gasteiger partial charge on any atom is 0.241 e. The molecule has 3 unspecified atom stereocenters. The summed E-state index contributed by atoms with van der Waals surface area (Å²) >= 11 is 0. The Morgan fingerprint density at radius 3 is 2.67 bits per heavy atom. The molecule has 1 aliphatic rings. The third kappa shape index (κ3) is 3.27. The quantitative estimate of drug-likeness (QED) is 0.875. The summed E-state index contributed by atoms with van der Waals surface area (Å²) in [5.41, 5.74) is 2.37. The molecule has 1 N–H and O–H groups in total. The van der Waals surface area contributed by atoms with Gasteiger partial charge in [0.1, 0.15) is 6.17 Å². The van der Waals surface area contributed by atoms with Gasteiger partial charge >= 0.3 is 0 Å². The van der Waals surface area contributed by atoms with Crippen molar-refractivity contribution in [1.82, 2.24) is 10.2 Å². The highest BCUT2D eigenvalue weighted by Gasteiger charge is 2.41. The SMILES string of the molecule is CCOCC(C)N1C(=O)C(CC)NC1c1ccccc1C. The minimum atomic E-state index is -0.0984. The van der Waals surface area contributed by atoms with Crippen LogP contribution in [-0.2, 0) is 9.53 Å². The van der Waals surface area contributed by atoms with Crippen LogP contribution in [0.5, 0.6) is 0 Å². The van der Waals surface area contributed by atoms with E-state index in [1.807, 2.05) is 30.9 Å². The zero-order valence-corrected chi connectivity index (χ0v) is 13.4. The fraction of sp³-hybridized carbons (Fsp3) is 0.588. The second kappa shape index (κ2) is 7.05. The monoisotopic (exact) mass is 290 g/mol. The summed E-state index contributed by atoms with van der Waals surface area (Å²) in [6.07, 6.45) is 0.748. The zero-order chi connectivity index (χ0) is 15.4. The smallest absolute Gasteiger partial charge is 0.241 e. The van der Waals surface area contributed by atoms with E-state index in [0.717, 1.165) is 6.42 Å². The highest BCUT2D eigenvalue weighted by Crippen LogP contribution is 2.30. The zero-order valence-electron chi connectivity index (χ0n) is 13.4. The molecule has 0 radical (unpaired) electrons. The van der Waals surface area contributed by atoms with Crippen LogP contribution in [0.25, 0.3) is 0 Å². The molecule has 1 heterocycles. The Bertz CT molecular complexity index is 489. The van der Waals surface area contributed by atoms with E-state index in [1.54, 1.807) is 0 Å². The number of nitrogens with one attached hydrogen (secondary N) is 1. The molecule has 1 aliphatic heterocycles. The van der Waals surface area contributed by atoms with E-state index in [4.69, 9.17) is 4.74 Å². The molecule has 0 aromatic heterocycles. The fourth-order valence-corrected chi connectivity index (χ4v) is 2.92. The highest BCUT2D eigenvalue weighted by atomic mass is 16.5. The number of rotatable bonds is 6. The van der Waals surface area contributed by atoms with E-state index in [1.165, 1.54) is 11.1 Å². The Balaban J connectivity index is 2.28. The number of carbonyl (C=O) groups is 1. The number of hydrogen-bond donors (Lipinski definition) is 1. The van der Waals surface area contributed by atoms with Crippen LogP contribution in [0.15, 0.2) is 24.3 Å². The molecule has 0 bridgehead atoms. The highest BCUT2D eigenvalue weighted by molar-refractivity contribution is 5.85. The number of nitrogens with zero attached hydrogens (tertiary/aromatic N) is 1. The number of aryl methyl sites for hydroxylation is 1. The summed E-state index contributed by atoms with van der Waals surface area (Å²) in [6, 6.07) is 8.20. The molecule has 3 atom stereocenters. The summed E-state index contributed by atoms with van der Waals surface area (Å²) in [6.45, 7) is 9.41. The van der Waals surface area contributed by atoms with Crippen LogP contribution in [-0.4, -0.2) is 36.1 Å². The van der Waals surface area contributed by atoms with Gasteiger partial charge in [0.25, 0.3) is 0 Å². The van der Waals surface area contributed by atoms with Crippen LogP contribution in [0.3, 0.4) is 0 Å². The van der Waals surface area contributed by atoms with Gasteiger partial charge in [-0.3, -0.25) is 10.1 Å². The average Bonchev–Trinajstić information content (AvgIpc) is 2.82. The van der Waals surface area contributed by atoms with Gasteiger partial charge in [-0.15, -0.1) is 0 Å². The molecule has 0 spiro atoms. The van der Waals surface area contributed by atoms with Gasteiger partial charge < -0.3 is 9.64 Å². The second-order valence-electron chi connectivity index (χ2n) is 5.64. The molecule has 116 valence electrons. The lowest BCUT2D eigenvalue weighted by Gasteiger charge is -2.31. The van der Waals surface area contributed by atoms with Crippen molar-refractivity contribution >= 4 is 5.91 Å². The third-order valence-electron chi connectivity index (χ3n) is 4.12. The Kier molecular flexibility index (Phi) is 5.37. The maximum absolute atomic E-state index is 12.6. The number of ether oxygens (including phenoxy) is 1. The number of benzene rings is 1. The maximum atomic E-state index is 12.6. The standard InChI is InChI=1S/C17H26N2O2/c1-5-15-17(20)19(13(4)11-21-6-2)16(18-15)14-10-8-7-9-12(14)3/h7-10,13,15-16,18H,5-6,11H2,1-4H3. The van der Waals surface area contributed by atoms with Gasteiger partial charge in [-0.1, -0.05) is 31.2 Å². The Hall–Kier alpha value is -1.39. The molecule has 1 aromatic rings. The van der Waals surface area contributed by atoms with Gasteiger partial charge in [0, 0.05) is 6.61 Å². The van der Waals surface area contributed by atoms with E-state index in [-0.39, 0.29) is 24.2 Å². The molecule has 0 aliphatic carbocycles. The number of carbonyl (C=O) groups excluding carboxylic acids is 1. The van der Waals surface area contributed by atoms with Crippen LogP contribution >= 0.6 is 0 Å². The van der Waals surface area contributed by atoms with Crippen molar-refractivity contribution < 1.29 is 9.53 Å². The lowest BCUT2D eigenvalue weighted by molar-refractivity contribution is -0.133. The molecular formula is C17H26N2O2. The molecule has 4 heteroatoms. The van der Waals surface area contributed by atoms with Gasteiger partial charge in [0.2, 0.25) is 5.91 Å². The molecule has 1 amide bonds. The first-order valence-electron chi connectivity index (χ1n) is 7.81. The predicted molar refractivity (Wildman–Crippen MR) is 83.9 cm³/mol. The van der Waals surface area contributed by atoms with Gasteiger partial charge in [0.15, 0.2) is 0 Å². The van der Waals surface area contributed by atoms with Crippen molar-refractivity contribution in [3.05, 3.63) is 35.4 Å². The molecule has 1 fully saturated rings. The van der Waals surface area contributed by atoms with Gasteiger partial charge in [0.05, 0.1) is 18.7 Å². The fourth-order valence-electron chi connectivity index (χ4n) is 2.92. The van der Waals surface area contributed by atoms with Gasteiger partial charge in [-0.2, -0.15) is 0 Å². The van der Waals surface area contributed by atoms with Crippen LogP contribution in [0.2, 0.25) is 0 Å². The minimum Gasteiger partial charge on any atom is -0.380 e. The predicted octanol–water partition coefficient (Wildman–Crippen LogP) is 2.63. The molecule has 4 nitrogen and oxygen atoms in total. The average molecular weight is 290 g/mol. The molecular weight excluding hydrogens is 264 g/mol. The van der Waals surface area contributed by atoms with Gasteiger partial charge in [-0.05, 0) is 38.3 Å².